The molecule has 1 unspecified atom stereocenters. The van der Waals surface area contributed by atoms with Crippen LogP contribution in [-0.2, 0) is 28.8 Å². The van der Waals surface area contributed by atoms with Crippen LogP contribution in [0.4, 0.5) is 0 Å². The second-order valence-electron chi connectivity index (χ2n) is 10.9. The van der Waals surface area contributed by atoms with E-state index in [1.165, 1.54) is 4.90 Å². The lowest BCUT2D eigenvalue weighted by Gasteiger charge is -2.32. The fourth-order valence-corrected chi connectivity index (χ4v) is 5.18. The van der Waals surface area contributed by atoms with Crippen LogP contribution in [-0.4, -0.2) is 141 Å². The molecule has 1 atom stereocenters. The van der Waals surface area contributed by atoms with E-state index in [1.807, 2.05) is 60.7 Å². The SMILES string of the molecule is O=C(O)CN(CCN(CCN(CC(=O)O)CC(=O)O)C(CCCCNC(=O)C(c1ccccc1)c1ccccc1)C(=O)O)CC(=O)O. The van der Waals surface area contributed by atoms with Gasteiger partial charge >= 0.3 is 29.8 Å². The van der Waals surface area contributed by atoms with Crippen molar-refractivity contribution in [2.24, 2.45) is 0 Å². The number of nitrogens with zero attached hydrogens (tertiary/aromatic N) is 3. The van der Waals surface area contributed by atoms with Crippen LogP contribution in [0.3, 0.4) is 0 Å². The van der Waals surface area contributed by atoms with Crippen LogP contribution < -0.4 is 5.32 Å². The molecule has 2 aromatic rings. The number of hydrogen-bond acceptors (Lipinski definition) is 9. The van der Waals surface area contributed by atoms with Crippen molar-refractivity contribution in [2.75, 3.05) is 58.9 Å². The zero-order valence-electron chi connectivity index (χ0n) is 25.9. The summed E-state index contributed by atoms with van der Waals surface area (Å²) in [5.41, 5.74) is 1.63. The molecule has 0 aliphatic rings. The maximum Gasteiger partial charge on any atom is 0.320 e. The molecule has 2 rings (SSSR count). The van der Waals surface area contributed by atoms with Crippen LogP contribution in [0.1, 0.15) is 36.3 Å². The van der Waals surface area contributed by atoms with Gasteiger partial charge in [0.1, 0.15) is 6.04 Å². The number of carbonyl (C=O) groups is 6. The smallest absolute Gasteiger partial charge is 0.320 e. The third-order valence-electron chi connectivity index (χ3n) is 7.30. The number of unbranched alkanes of at least 4 members (excludes halogenated alkanes) is 1. The third kappa shape index (κ3) is 14.9. The van der Waals surface area contributed by atoms with E-state index in [1.54, 1.807) is 0 Å². The van der Waals surface area contributed by atoms with Gasteiger partial charge in [0.2, 0.25) is 5.91 Å². The van der Waals surface area contributed by atoms with Crippen molar-refractivity contribution < 1.29 is 54.3 Å². The molecule has 0 bridgehead atoms. The minimum Gasteiger partial charge on any atom is -0.480 e. The molecule has 15 heteroatoms. The van der Waals surface area contributed by atoms with Crippen LogP contribution in [0.5, 0.6) is 0 Å². The number of aliphatic carboxylic acids is 5. The fourth-order valence-electron chi connectivity index (χ4n) is 5.18. The summed E-state index contributed by atoms with van der Waals surface area (Å²) in [6.45, 7) is -2.58. The lowest BCUT2D eigenvalue weighted by Crippen LogP contribution is -2.50. The number of hydrogen-bond donors (Lipinski definition) is 6. The van der Waals surface area contributed by atoms with Crippen molar-refractivity contribution in [3.05, 3.63) is 71.8 Å². The zero-order valence-corrected chi connectivity index (χ0v) is 25.9. The first kappa shape index (κ1) is 38.3. The molecule has 0 spiro atoms. The average molecular weight is 659 g/mol. The van der Waals surface area contributed by atoms with Gasteiger partial charge in [-0.15, -0.1) is 0 Å². The molecule has 0 aliphatic carbocycles. The normalized spacial score (nSPS) is 11.9. The Morgan fingerprint density at radius 2 is 0.979 bits per heavy atom. The first-order chi connectivity index (χ1) is 22.4. The molecule has 0 fully saturated rings. The minimum absolute atomic E-state index is 0.0852. The lowest BCUT2D eigenvalue weighted by molar-refractivity contribution is -0.146. The molecule has 0 heterocycles. The Bertz CT molecular complexity index is 1220. The van der Waals surface area contributed by atoms with E-state index in [0.717, 1.165) is 20.9 Å². The predicted molar refractivity (Wildman–Crippen MR) is 168 cm³/mol. The molecular formula is C32H42N4O11. The predicted octanol–water partition coefficient (Wildman–Crippen LogP) is 0.803. The number of carbonyl (C=O) groups excluding carboxylic acids is 1. The molecule has 47 heavy (non-hydrogen) atoms. The Labute approximate surface area is 272 Å². The van der Waals surface area contributed by atoms with Gasteiger partial charge < -0.3 is 30.8 Å². The summed E-state index contributed by atoms with van der Waals surface area (Å²) in [6.07, 6.45) is 0.882. The van der Waals surface area contributed by atoms with E-state index in [9.17, 15) is 54.3 Å². The molecule has 0 saturated carbocycles. The Hall–Kier alpha value is -4.86. The van der Waals surface area contributed by atoms with Gasteiger partial charge in [0, 0.05) is 32.7 Å². The topological polar surface area (TPSA) is 225 Å². The molecule has 0 radical (unpaired) electrons. The van der Waals surface area contributed by atoms with Gasteiger partial charge in [0.05, 0.1) is 32.1 Å². The van der Waals surface area contributed by atoms with E-state index < -0.39 is 68.0 Å². The highest BCUT2D eigenvalue weighted by molar-refractivity contribution is 5.87. The Morgan fingerprint density at radius 1 is 0.574 bits per heavy atom. The van der Waals surface area contributed by atoms with Gasteiger partial charge in [-0.2, -0.15) is 0 Å². The standard InChI is InChI=1S/C32H42N4O11/c37-26(38)19-34(20-27(39)40)15-17-36(18-16-35(21-28(41)42)22-29(43)44)25(32(46)47)13-7-8-14-33-31(45)30(23-9-3-1-4-10-23)24-11-5-2-6-12-24/h1-6,9-12,25,30H,7-8,13-22H2,(H,33,45)(H,37,38)(H,39,40)(H,41,42)(H,43,44)(H,46,47). The van der Waals surface area contributed by atoms with Gasteiger partial charge in [-0.05, 0) is 30.4 Å². The van der Waals surface area contributed by atoms with E-state index >= 15 is 0 Å². The Balaban J connectivity index is 2.11. The number of rotatable bonds is 24. The molecule has 0 saturated heterocycles. The summed E-state index contributed by atoms with van der Waals surface area (Å²) < 4.78 is 0. The Kier molecular flexibility index (Phi) is 16.6. The summed E-state index contributed by atoms with van der Waals surface area (Å²) in [5, 5.41) is 49.8. The third-order valence-corrected chi connectivity index (χ3v) is 7.30. The maximum atomic E-state index is 13.3. The zero-order chi connectivity index (χ0) is 34.8. The van der Waals surface area contributed by atoms with Crippen molar-refractivity contribution in [1.82, 2.24) is 20.0 Å². The number of benzene rings is 2. The summed E-state index contributed by atoms with van der Waals surface area (Å²) >= 11 is 0. The molecular weight excluding hydrogens is 616 g/mol. The molecule has 2 aromatic carbocycles. The maximum absolute atomic E-state index is 13.3. The Morgan fingerprint density at radius 3 is 1.34 bits per heavy atom. The summed E-state index contributed by atoms with van der Waals surface area (Å²) in [6, 6.07) is 17.4. The van der Waals surface area contributed by atoms with Crippen LogP contribution in [0.15, 0.2) is 60.7 Å². The second kappa shape index (κ2) is 20.3. The average Bonchev–Trinajstić information content (AvgIpc) is 2.99. The van der Waals surface area contributed by atoms with E-state index in [2.05, 4.69) is 5.32 Å². The first-order valence-electron chi connectivity index (χ1n) is 15.0. The van der Waals surface area contributed by atoms with Crippen LogP contribution in [0.2, 0.25) is 0 Å². The van der Waals surface area contributed by atoms with Crippen LogP contribution in [0, 0.1) is 0 Å². The van der Waals surface area contributed by atoms with Crippen molar-refractivity contribution >= 4 is 35.8 Å². The van der Waals surface area contributed by atoms with E-state index in [-0.39, 0.29) is 45.1 Å². The largest absolute Gasteiger partial charge is 0.480 e. The summed E-state index contributed by atoms with van der Waals surface area (Å²) in [5.74, 6) is -7.06. The van der Waals surface area contributed by atoms with Crippen molar-refractivity contribution in [1.29, 1.82) is 0 Å². The summed E-state index contributed by atoms with van der Waals surface area (Å²) in [4.78, 5) is 74.4. The highest BCUT2D eigenvalue weighted by Crippen LogP contribution is 2.24. The molecule has 256 valence electrons. The van der Waals surface area contributed by atoms with Gasteiger partial charge in [-0.25, -0.2) is 0 Å². The molecule has 0 aromatic heterocycles. The number of carboxylic acid groups (broad SMARTS) is 5. The first-order valence-corrected chi connectivity index (χ1v) is 15.0. The monoisotopic (exact) mass is 658 g/mol. The highest BCUT2D eigenvalue weighted by Gasteiger charge is 2.28. The quantitative estimate of drug-likeness (QED) is 0.0859. The van der Waals surface area contributed by atoms with Crippen LogP contribution in [0.25, 0.3) is 0 Å². The van der Waals surface area contributed by atoms with Gasteiger partial charge in [0.15, 0.2) is 0 Å². The van der Waals surface area contributed by atoms with Crippen LogP contribution >= 0.6 is 0 Å². The molecule has 6 N–H and O–H groups in total. The van der Waals surface area contributed by atoms with Crippen molar-refractivity contribution in [3.8, 4) is 0 Å². The van der Waals surface area contributed by atoms with Gasteiger partial charge in [-0.1, -0.05) is 60.7 Å². The minimum atomic E-state index is -1.27. The number of carboxylic acids is 5. The highest BCUT2D eigenvalue weighted by atomic mass is 16.4. The van der Waals surface area contributed by atoms with Crippen molar-refractivity contribution in [3.63, 3.8) is 0 Å². The van der Waals surface area contributed by atoms with Gasteiger partial charge in [0.25, 0.3) is 0 Å². The molecule has 15 nitrogen and oxygen atoms in total. The van der Waals surface area contributed by atoms with E-state index in [4.69, 9.17) is 0 Å². The number of amides is 1. The van der Waals surface area contributed by atoms with Gasteiger partial charge in [-0.3, -0.25) is 43.5 Å². The van der Waals surface area contributed by atoms with Crippen molar-refractivity contribution in [2.45, 2.75) is 31.2 Å². The van der Waals surface area contributed by atoms with E-state index in [0.29, 0.717) is 12.8 Å². The fraction of sp³-hybridized carbons (Fsp3) is 0.438. The molecule has 1 amide bonds. The number of nitrogens with one attached hydrogen (secondary N) is 1. The molecule has 0 aliphatic heterocycles. The second-order valence-corrected chi connectivity index (χ2v) is 10.9. The lowest BCUT2D eigenvalue weighted by atomic mass is 9.90. The summed E-state index contributed by atoms with van der Waals surface area (Å²) in [7, 11) is 0.